The predicted molar refractivity (Wildman–Crippen MR) is 204 cm³/mol. The normalized spacial score (nSPS) is 13.6. The van der Waals surface area contributed by atoms with E-state index in [1.807, 2.05) is 42.2 Å². The summed E-state index contributed by atoms with van der Waals surface area (Å²) in [4.78, 5) is 21.5. The summed E-state index contributed by atoms with van der Waals surface area (Å²) in [6.45, 7) is 6.20. The molecule has 54 heavy (non-hydrogen) atoms. The molecule has 2 heterocycles. The Bertz CT molecular complexity index is 2010. The largest absolute Gasteiger partial charge is 0.493 e. The van der Waals surface area contributed by atoms with Crippen molar-refractivity contribution in [2.75, 3.05) is 32.8 Å². The molecule has 0 aliphatic carbocycles. The molecule has 1 amide bonds. The van der Waals surface area contributed by atoms with Gasteiger partial charge in [0.05, 0.1) is 23.4 Å². The molecule has 0 unspecified atom stereocenters. The van der Waals surface area contributed by atoms with Gasteiger partial charge in [0.25, 0.3) is 0 Å². The lowest BCUT2D eigenvalue weighted by molar-refractivity contribution is -0.137. The summed E-state index contributed by atoms with van der Waals surface area (Å²) in [6.07, 6.45) is 1.21. The fraction of sp³-hybridized carbons (Fsp3) is 0.238. The van der Waals surface area contributed by atoms with Crippen molar-refractivity contribution < 1.29 is 32.2 Å². The first-order valence-electron chi connectivity index (χ1n) is 17.4. The lowest BCUT2D eigenvalue weighted by Gasteiger charge is -2.34. The third kappa shape index (κ3) is 11.0. The second-order valence-corrected chi connectivity index (χ2v) is 13.7. The first kappa shape index (κ1) is 38.7. The number of amides is 1. The summed E-state index contributed by atoms with van der Waals surface area (Å²) in [7, 11) is 0. The summed E-state index contributed by atoms with van der Waals surface area (Å²) in [5.41, 5.74) is 3.84. The van der Waals surface area contributed by atoms with Gasteiger partial charge < -0.3 is 19.1 Å². The number of rotatable bonds is 13. The molecule has 1 aliphatic heterocycles. The van der Waals surface area contributed by atoms with Crippen molar-refractivity contribution in [1.82, 2.24) is 14.8 Å². The van der Waals surface area contributed by atoms with E-state index in [0.717, 1.165) is 55.1 Å². The number of carbonyl (C=O) groups excluding carboxylic acids is 1. The molecule has 280 valence electrons. The summed E-state index contributed by atoms with van der Waals surface area (Å²) in [5.74, 6) is 1.89. The van der Waals surface area contributed by atoms with E-state index in [0.29, 0.717) is 46.8 Å². The van der Waals surface area contributed by atoms with E-state index in [4.69, 9.17) is 37.4 Å². The fourth-order valence-electron chi connectivity index (χ4n) is 5.84. The second-order valence-electron chi connectivity index (χ2n) is 12.9. The minimum absolute atomic E-state index is 0.0567. The van der Waals surface area contributed by atoms with Crippen molar-refractivity contribution >= 4 is 35.2 Å². The number of halogens is 5. The Balaban J connectivity index is 0.929. The zero-order valence-corrected chi connectivity index (χ0v) is 31.0. The second kappa shape index (κ2) is 17.9. The standard InChI is InChI=1S/C42H38Cl2F3N3O4/c1-29-24-33(25-38(44)41(29)54-39-16-15-37(26-48-39)53-28-32-6-9-34(10-7-32)42(45,46)47)8-17-40(51)50-21-19-49(20-22-50)27-31-4-2-30(3-5-31)18-23-52-36-13-11-35(43)12-14-36/h2-17,24-26H,18-23,27-28H2,1H3/b17-8+. The Hall–Kier alpha value is -5.03. The van der Waals surface area contributed by atoms with Crippen molar-refractivity contribution in [3.05, 3.63) is 153 Å². The van der Waals surface area contributed by atoms with Gasteiger partial charge in [-0.1, -0.05) is 59.6 Å². The van der Waals surface area contributed by atoms with Crippen LogP contribution in [0.15, 0.2) is 109 Å². The zero-order chi connectivity index (χ0) is 38.1. The molecule has 1 saturated heterocycles. The van der Waals surface area contributed by atoms with Crippen molar-refractivity contribution in [3.63, 3.8) is 0 Å². The highest BCUT2D eigenvalue weighted by molar-refractivity contribution is 6.32. The molecule has 0 spiro atoms. The van der Waals surface area contributed by atoms with Crippen LogP contribution in [0.5, 0.6) is 23.1 Å². The Morgan fingerprint density at radius 1 is 0.815 bits per heavy atom. The summed E-state index contributed by atoms with van der Waals surface area (Å²) in [6, 6.07) is 27.6. The van der Waals surface area contributed by atoms with Gasteiger partial charge in [-0.05, 0) is 95.4 Å². The molecule has 0 saturated carbocycles. The van der Waals surface area contributed by atoms with Gasteiger partial charge in [-0.3, -0.25) is 9.69 Å². The van der Waals surface area contributed by atoms with E-state index in [1.54, 1.807) is 30.4 Å². The monoisotopic (exact) mass is 775 g/mol. The molecule has 0 atom stereocenters. The summed E-state index contributed by atoms with van der Waals surface area (Å²) < 4.78 is 55.8. The molecular formula is C42H38Cl2F3N3O4. The molecular weight excluding hydrogens is 738 g/mol. The van der Waals surface area contributed by atoms with Crippen molar-refractivity contribution in [3.8, 4) is 23.1 Å². The SMILES string of the molecule is Cc1cc(/C=C/C(=O)N2CCN(Cc3ccc(CCOc4ccc(Cl)cc4)cc3)CC2)cc(Cl)c1Oc1ccc(OCc2ccc(C(F)(F)F)cc2)cn1. The van der Waals surface area contributed by atoms with Crippen LogP contribution in [0.3, 0.4) is 0 Å². The lowest BCUT2D eigenvalue weighted by atomic mass is 10.1. The Kier molecular flexibility index (Phi) is 12.8. The molecule has 5 aromatic rings. The number of hydrogen-bond acceptors (Lipinski definition) is 6. The van der Waals surface area contributed by atoms with Crippen LogP contribution in [0.1, 0.15) is 33.4 Å². The van der Waals surface area contributed by atoms with Gasteiger partial charge in [0, 0.05) is 56.3 Å². The minimum atomic E-state index is -4.39. The average molecular weight is 777 g/mol. The third-order valence-corrected chi connectivity index (χ3v) is 9.39. The van der Waals surface area contributed by atoms with Gasteiger partial charge in [0.2, 0.25) is 11.8 Å². The highest BCUT2D eigenvalue weighted by Gasteiger charge is 2.30. The van der Waals surface area contributed by atoms with Gasteiger partial charge in [-0.25, -0.2) is 4.98 Å². The molecule has 1 fully saturated rings. The van der Waals surface area contributed by atoms with E-state index in [2.05, 4.69) is 34.1 Å². The van der Waals surface area contributed by atoms with E-state index in [1.165, 1.54) is 29.5 Å². The molecule has 12 heteroatoms. The maximum atomic E-state index is 13.0. The van der Waals surface area contributed by atoms with Crippen LogP contribution in [0, 0.1) is 6.92 Å². The van der Waals surface area contributed by atoms with Gasteiger partial charge in [0.15, 0.2) is 5.75 Å². The number of ether oxygens (including phenoxy) is 3. The summed E-state index contributed by atoms with van der Waals surface area (Å²) in [5, 5.41) is 1.05. The van der Waals surface area contributed by atoms with E-state index >= 15 is 0 Å². The van der Waals surface area contributed by atoms with Crippen LogP contribution in [-0.4, -0.2) is 53.5 Å². The molecule has 0 N–H and O–H groups in total. The smallest absolute Gasteiger partial charge is 0.416 e. The van der Waals surface area contributed by atoms with Crippen LogP contribution in [0.4, 0.5) is 13.2 Å². The number of alkyl halides is 3. The molecule has 6 rings (SSSR count). The van der Waals surface area contributed by atoms with Gasteiger partial charge in [-0.2, -0.15) is 13.2 Å². The van der Waals surface area contributed by atoms with Crippen molar-refractivity contribution in [2.24, 2.45) is 0 Å². The maximum Gasteiger partial charge on any atom is 0.416 e. The van der Waals surface area contributed by atoms with E-state index < -0.39 is 11.7 Å². The highest BCUT2D eigenvalue weighted by atomic mass is 35.5. The molecule has 4 aromatic carbocycles. The van der Waals surface area contributed by atoms with Gasteiger partial charge in [-0.15, -0.1) is 0 Å². The molecule has 0 bridgehead atoms. The third-order valence-electron chi connectivity index (χ3n) is 8.86. The molecule has 1 aromatic heterocycles. The number of piperazine rings is 1. The Labute approximate surface area is 322 Å². The zero-order valence-electron chi connectivity index (χ0n) is 29.5. The van der Waals surface area contributed by atoms with Crippen LogP contribution >= 0.6 is 23.2 Å². The summed E-state index contributed by atoms with van der Waals surface area (Å²) >= 11 is 12.5. The van der Waals surface area contributed by atoms with Crippen molar-refractivity contribution in [1.29, 1.82) is 0 Å². The van der Waals surface area contributed by atoms with Gasteiger partial charge in [0.1, 0.15) is 18.1 Å². The minimum Gasteiger partial charge on any atom is -0.493 e. The number of aromatic nitrogens is 1. The van der Waals surface area contributed by atoms with Crippen LogP contribution in [0.25, 0.3) is 6.08 Å². The molecule has 0 radical (unpaired) electrons. The van der Waals surface area contributed by atoms with Crippen LogP contribution < -0.4 is 14.2 Å². The van der Waals surface area contributed by atoms with Crippen molar-refractivity contribution in [2.45, 2.75) is 32.7 Å². The average Bonchev–Trinajstić information content (AvgIpc) is 3.16. The number of aryl methyl sites for hydroxylation is 1. The predicted octanol–water partition coefficient (Wildman–Crippen LogP) is 10.1. The van der Waals surface area contributed by atoms with E-state index in [9.17, 15) is 18.0 Å². The van der Waals surface area contributed by atoms with Crippen LogP contribution in [0.2, 0.25) is 10.0 Å². The van der Waals surface area contributed by atoms with Gasteiger partial charge >= 0.3 is 6.18 Å². The number of benzene rings is 4. The number of pyridine rings is 1. The number of nitrogens with zero attached hydrogens (tertiary/aromatic N) is 3. The van der Waals surface area contributed by atoms with E-state index in [-0.39, 0.29) is 18.4 Å². The number of hydrogen-bond donors (Lipinski definition) is 0. The highest BCUT2D eigenvalue weighted by Crippen LogP contribution is 2.34. The Morgan fingerprint density at radius 2 is 1.48 bits per heavy atom. The fourth-order valence-corrected chi connectivity index (χ4v) is 6.28. The maximum absolute atomic E-state index is 13.0. The number of carbonyl (C=O) groups is 1. The first-order valence-corrected chi connectivity index (χ1v) is 18.1. The van der Waals surface area contributed by atoms with Crippen LogP contribution in [-0.2, 0) is 30.5 Å². The molecule has 1 aliphatic rings. The first-order chi connectivity index (χ1) is 26.0. The quantitative estimate of drug-likeness (QED) is 0.111. The topological polar surface area (TPSA) is 64.1 Å². The molecule has 7 nitrogen and oxygen atoms in total. The lowest BCUT2D eigenvalue weighted by Crippen LogP contribution is -2.47. The Morgan fingerprint density at radius 3 is 2.13 bits per heavy atom.